The average molecular weight is 349 g/mol. The van der Waals surface area contributed by atoms with Crippen LogP contribution in [-0.2, 0) is 11.2 Å². The highest BCUT2D eigenvalue weighted by Gasteiger charge is 2.11. The highest BCUT2D eigenvalue weighted by Crippen LogP contribution is 2.15. The van der Waals surface area contributed by atoms with Crippen LogP contribution in [0.25, 0.3) is 0 Å². The van der Waals surface area contributed by atoms with Gasteiger partial charge in [0.1, 0.15) is 5.82 Å². The van der Waals surface area contributed by atoms with Crippen LogP contribution < -0.4 is 10.9 Å². The molecule has 0 saturated heterocycles. The summed E-state index contributed by atoms with van der Waals surface area (Å²) in [7, 11) is 0. The van der Waals surface area contributed by atoms with Crippen LogP contribution in [0.15, 0.2) is 40.3 Å². The Morgan fingerprint density at radius 2 is 2.08 bits per heavy atom. The summed E-state index contributed by atoms with van der Waals surface area (Å²) in [4.78, 5) is 30.6. The molecule has 0 radical (unpaired) electrons. The second kappa shape index (κ2) is 8.63. The smallest absolute Gasteiger partial charge is 0.251 e. The number of hydrogen-bond donors (Lipinski definition) is 2. The second-order valence-electron chi connectivity index (χ2n) is 5.42. The molecular formula is C17H20FN3O2S. The fraction of sp³-hybridized carbons (Fsp3) is 0.353. The van der Waals surface area contributed by atoms with Crippen molar-refractivity contribution in [2.75, 3.05) is 5.75 Å². The molecule has 0 bridgehead atoms. The quantitative estimate of drug-likeness (QED) is 0.595. The minimum absolute atomic E-state index is 0.143. The number of amides is 1. The number of rotatable bonds is 7. The number of nitrogens with one attached hydrogen (secondary N) is 2. The Balaban J connectivity index is 1.91. The molecule has 1 amide bonds. The van der Waals surface area contributed by atoms with Gasteiger partial charge < -0.3 is 10.3 Å². The Morgan fingerprint density at radius 3 is 2.75 bits per heavy atom. The van der Waals surface area contributed by atoms with E-state index in [0.29, 0.717) is 5.16 Å². The molecule has 1 aromatic heterocycles. The molecule has 0 spiro atoms. The maximum absolute atomic E-state index is 12.9. The number of carbonyl (C=O) groups excluding carboxylic acids is 1. The molecule has 0 aliphatic carbocycles. The zero-order chi connectivity index (χ0) is 17.5. The summed E-state index contributed by atoms with van der Waals surface area (Å²) in [5.41, 5.74) is 1.34. The van der Waals surface area contributed by atoms with Crippen LogP contribution >= 0.6 is 11.8 Å². The van der Waals surface area contributed by atoms with Gasteiger partial charge in [0.05, 0.1) is 11.8 Å². The maximum atomic E-state index is 12.9. The van der Waals surface area contributed by atoms with Gasteiger partial charge in [-0.25, -0.2) is 9.37 Å². The van der Waals surface area contributed by atoms with Crippen LogP contribution in [0, 0.1) is 5.82 Å². The monoisotopic (exact) mass is 349 g/mol. The molecule has 0 aliphatic heterocycles. The summed E-state index contributed by atoms with van der Waals surface area (Å²) >= 11 is 1.18. The Labute approximate surface area is 144 Å². The molecule has 1 aromatic carbocycles. The molecule has 7 heteroatoms. The van der Waals surface area contributed by atoms with Crippen molar-refractivity contribution < 1.29 is 9.18 Å². The van der Waals surface area contributed by atoms with Crippen molar-refractivity contribution in [1.82, 2.24) is 15.3 Å². The number of halogens is 1. The number of thioether (sulfide) groups is 1. The molecule has 1 atom stereocenters. The lowest BCUT2D eigenvalue weighted by Crippen LogP contribution is -2.28. The predicted octanol–water partition coefficient (Wildman–Crippen LogP) is 2.83. The van der Waals surface area contributed by atoms with E-state index in [-0.39, 0.29) is 29.1 Å². The van der Waals surface area contributed by atoms with Crippen molar-refractivity contribution in [3.8, 4) is 0 Å². The number of aromatic amines is 1. The zero-order valence-corrected chi connectivity index (χ0v) is 14.5. The van der Waals surface area contributed by atoms with Crippen molar-refractivity contribution in [3.05, 3.63) is 57.8 Å². The molecule has 2 aromatic rings. The fourth-order valence-corrected chi connectivity index (χ4v) is 2.89. The molecule has 128 valence electrons. The number of aromatic nitrogens is 2. The normalized spacial score (nSPS) is 12.0. The van der Waals surface area contributed by atoms with Gasteiger partial charge in [-0.1, -0.05) is 37.2 Å². The Kier molecular flexibility index (Phi) is 6.54. The maximum Gasteiger partial charge on any atom is 0.251 e. The first-order chi connectivity index (χ1) is 11.5. The van der Waals surface area contributed by atoms with Gasteiger partial charge in [0.2, 0.25) is 5.91 Å². The van der Waals surface area contributed by atoms with Crippen molar-refractivity contribution in [3.63, 3.8) is 0 Å². The van der Waals surface area contributed by atoms with E-state index in [1.165, 1.54) is 30.0 Å². The van der Waals surface area contributed by atoms with E-state index >= 15 is 0 Å². The van der Waals surface area contributed by atoms with E-state index in [0.717, 1.165) is 24.1 Å². The SMILES string of the molecule is CCCc1cc(=O)[nH]c(SCC(=O)NC(C)c2ccc(F)cc2)n1. The van der Waals surface area contributed by atoms with Gasteiger partial charge in [0.25, 0.3) is 5.56 Å². The Bertz CT molecular complexity index is 746. The number of nitrogens with zero attached hydrogens (tertiary/aromatic N) is 1. The summed E-state index contributed by atoms with van der Waals surface area (Å²) in [5.74, 6) is -0.348. The molecule has 1 unspecified atom stereocenters. The van der Waals surface area contributed by atoms with E-state index in [2.05, 4.69) is 15.3 Å². The molecule has 1 heterocycles. The molecule has 0 fully saturated rings. The van der Waals surface area contributed by atoms with E-state index in [9.17, 15) is 14.0 Å². The number of aryl methyl sites for hydroxylation is 1. The van der Waals surface area contributed by atoms with E-state index in [4.69, 9.17) is 0 Å². The molecule has 24 heavy (non-hydrogen) atoms. The first-order valence-electron chi connectivity index (χ1n) is 7.75. The van der Waals surface area contributed by atoms with Gasteiger partial charge in [-0.3, -0.25) is 9.59 Å². The van der Waals surface area contributed by atoms with Crippen LogP contribution in [0.4, 0.5) is 4.39 Å². The lowest BCUT2D eigenvalue weighted by molar-refractivity contribution is -0.119. The number of benzene rings is 1. The third-order valence-corrected chi connectivity index (χ3v) is 4.24. The molecule has 2 N–H and O–H groups in total. The van der Waals surface area contributed by atoms with Crippen LogP contribution in [0.5, 0.6) is 0 Å². The second-order valence-corrected chi connectivity index (χ2v) is 6.39. The number of carbonyl (C=O) groups is 1. The van der Waals surface area contributed by atoms with Crippen LogP contribution in [0.1, 0.15) is 37.6 Å². The predicted molar refractivity (Wildman–Crippen MR) is 92.5 cm³/mol. The molecule has 0 aliphatic rings. The Hall–Kier alpha value is -2.15. The fourth-order valence-electron chi connectivity index (χ4n) is 2.19. The third-order valence-electron chi connectivity index (χ3n) is 3.37. The zero-order valence-electron chi connectivity index (χ0n) is 13.6. The van der Waals surface area contributed by atoms with Crippen LogP contribution in [0.2, 0.25) is 0 Å². The minimum atomic E-state index is -0.310. The summed E-state index contributed by atoms with van der Waals surface area (Å²) in [6, 6.07) is 7.25. The van der Waals surface area contributed by atoms with Gasteiger partial charge in [-0.05, 0) is 31.0 Å². The largest absolute Gasteiger partial charge is 0.349 e. The molecule has 5 nitrogen and oxygen atoms in total. The van der Waals surface area contributed by atoms with Crippen molar-refractivity contribution >= 4 is 17.7 Å². The van der Waals surface area contributed by atoms with Crippen molar-refractivity contribution in [2.45, 2.75) is 37.9 Å². The highest BCUT2D eigenvalue weighted by atomic mass is 32.2. The molecule has 2 rings (SSSR count). The van der Waals surface area contributed by atoms with Gasteiger partial charge in [0.15, 0.2) is 5.16 Å². The lowest BCUT2D eigenvalue weighted by atomic mass is 10.1. The summed E-state index contributed by atoms with van der Waals surface area (Å²) in [5, 5.41) is 3.28. The summed E-state index contributed by atoms with van der Waals surface area (Å²) in [6.07, 6.45) is 1.63. The summed E-state index contributed by atoms with van der Waals surface area (Å²) in [6.45, 7) is 3.85. The van der Waals surface area contributed by atoms with E-state index < -0.39 is 0 Å². The Morgan fingerprint density at radius 1 is 1.38 bits per heavy atom. The minimum Gasteiger partial charge on any atom is -0.349 e. The van der Waals surface area contributed by atoms with Gasteiger partial charge in [-0.15, -0.1) is 0 Å². The molecular weight excluding hydrogens is 329 g/mol. The topological polar surface area (TPSA) is 74.8 Å². The molecule has 0 saturated carbocycles. The first kappa shape index (κ1) is 18.2. The summed E-state index contributed by atoms with van der Waals surface area (Å²) < 4.78 is 12.9. The van der Waals surface area contributed by atoms with Gasteiger partial charge in [-0.2, -0.15) is 0 Å². The number of H-pyrrole nitrogens is 1. The van der Waals surface area contributed by atoms with Crippen molar-refractivity contribution in [1.29, 1.82) is 0 Å². The van der Waals surface area contributed by atoms with Gasteiger partial charge >= 0.3 is 0 Å². The van der Waals surface area contributed by atoms with E-state index in [1.807, 2.05) is 13.8 Å². The highest BCUT2D eigenvalue weighted by molar-refractivity contribution is 7.99. The number of hydrogen-bond acceptors (Lipinski definition) is 4. The van der Waals surface area contributed by atoms with Crippen LogP contribution in [0.3, 0.4) is 0 Å². The first-order valence-corrected chi connectivity index (χ1v) is 8.74. The average Bonchev–Trinajstić information content (AvgIpc) is 2.53. The lowest BCUT2D eigenvalue weighted by Gasteiger charge is -2.14. The van der Waals surface area contributed by atoms with Crippen LogP contribution in [-0.4, -0.2) is 21.6 Å². The standard InChI is InChI=1S/C17H20FN3O2S/c1-3-4-14-9-15(22)21-17(20-14)24-10-16(23)19-11(2)12-5-7-13(18)8-6-12/h5-9,11H,3-4,10H2,1-2H3,(H,19,23)(H,20,21,22). The van der Waals surface area contributed by atoms with Gasteiger partial charge in [0, 0.05) is 11.8 Å². The van der Waals surface area contributed by atoms with E-state index in [1.54, 1.807) is 12.1 Å². The third kappa shape index (κ3) is 5.49. The van der Waals surface area contributed by atoms with Crippen molar-refractivity contribution in [2.24, 2.45) is 0 Å².